The summed E-state index contributed by atoms with van der Waals surface area (Å²) in [5.74, 6) is 0.906. The Kier molecular flexibility index (Phi) is 4.02. The smallest absolute Gasteiger partial charge is 0.161 e. The maximum Gasteiger partial charge on any atom is 0.161 e. The zero-order valence-electron chi connectivity index (χ0n) is 10.9. The summed E-state index contributed by atoms with van der Waals surface area (Å²) in [5.41, 5.74) is 1.20. The SMILES string of the molecule is COc1cnn(CCN(C)C)c1C1CCCN1. The molecule has 1 saturated heterocycles. The predicted octanol–water partition coefficient (Wildman–Crippen LogP) is 0.878. The van der Waals surface area contributed by atoms with Gasteiger partial charge in [0.15, 0.2) is 5.75 Å². The molecule has 0 bridgehead atoms. The third kappa shape index (κ3) is 2.79. The molecule has 1 aliphatic heterocycles. The van der Waals surface area contributed by atoms with E-state index in [0.29, 0.717) is 6.04 Å². The molecule has 5 nitrogen and oxygen atoms in total. The maximum atomic E-state index is 5.41. The number of nitrogens with one attached hydrogen (secondary N) is 1. The van der Waals surface area contributed by atoms with E-state index < -0.39 is 0 Å². The second kappa shape index (κ2) is 5.51. The molecule has 0 spiro atoms. The molecule has 1 fully saturated rings. The normalized spacial score (nSPS) is 20.1. The zero-order valence-corrected chi connectivity index (χ0v) is 10.9. The van der Waals surface area contributed by atoms with Crippen molar-refractivity contribution in [3.05, 3.63) is 11.9 Å². The summed E-state index contributed by atoms with van der Waals surface area (Å²) in [5, 5.41) is 7.94. The van der Waals surface area contributed by atoms with Crippen LogP contribution < -0.4 is 10.1 Å². The number of rotatable bonds is 5. The van der Waals surface area contributed by atoms with Crippen molar-refractivity contribution >= 4 is 0 Å². The Hall–Kier alpha value is -1.07. The molecule has 1 unspecified atom stereocenters. The lowest BCUT2D eigenvalue weighted by molar-refractivity contribution is 0.358. The van der Waals surface area contributed by atoms with Crippen LogP contribution in [0.5, 0.6) is 5.75 Å². The molecule has 2 heterocycles. The van der Waals surface area contributed by atoms with Crippen LogP contribution in [-0.4, -0.2) is 49.0 Å². The van der Waals surface area contributed by atoms with Crippen LogP contribution in [0.25, 0.3) is 0 Å². The first-order chi connectivity index (χ1) is 8.22. The molecule has 1 aliphatic rings. The molecule has 0 radical (unpaired) electrons. The third-order valence-corrected chi connectivity index (χ3v) is 3.21. The zero-order chi connectivity index (χ0) is 12.3. The summed E-state index contributed by atoms with van der Waals surface area (Å²) in [7, 11) is 5.87. The van der Waals surface area contributed by atoms with Crippen molar-refractivity contribution in [1.29, 1.82) is 0 Å². The van der Waals surface area contributed by atoms with Gasteiger partial charge in [-0.2, -0.15) is 5.10 Å². The summed E-state index contributed by atoms with van der Waals surface area (Å²) in [6.45, 7) is 2.99. The van der Waals surface area contributed by atoms with E-state index >= 15 is 0 Å². The van der Waals surface area contributed by atoms with Crippen molar-refractivity contribution in [3.8, 4) is 5.75 Å². The van der Waals surface area contributed by atoms with Crippen molar-refractivity contribution < 1.29 is 4.74 Å². The van der Waals surface area contributed by atoms with Gasteiger partial charge in [0.2, 0.25) is 0 Å². The van der Waals surface area contributed by atoms with Crippen LogP contribution in [-0.2, 0) is 6.54 Å². The topological polar surface area (TPSA) is 42.3 Å². The van der Waals surface area contributed by atoms with E-state index in [1.807, 2.05) is 6.20 Å². The van der Waals surface area contributed by atoms with E-state index in [9.17, 15) is 0 Å². The highest BCUT2D eigenvalue weighted by Gasteiger charge is 2.24. The van der Waals surface area contributed by atoms with E-state index in [1.165, 1.54) is 18.5 Å². The van der Waals surface area contributed by atoms with Gasteiger partial charge in [-0.3, -0.25) is 4.68 Å². The van der Waals surface area contributed by atoms with Crippen molar-refractivity contribution in [2.45, 2.75) is 25.4 Å². The fourth-order valence-corrected chi connectivity index (χ4v) is 2.28. The Morgan fingerprint density at radius 3 is 3.00 bits per heavy atom. The van der Waals surface area contributed by atoms with E-state index in [-0.39, 0.29) is 0 Å². The fourth-order valence-electron chi connectivity index (χ4n) is 2.28. The minimum atomic E-state index is 0.398. The molecule has 2 rings (SSSR count). The van der Waals surface area contributed by atoms with Gasteiger partial charge >= 0.3 is 0 Å². The largest absolute Gasteiger partial charge is 0.493 e. The monoisotopic (exact) mass is 238 g/mol. The number of methoxy groups -OCH3 is 1. The second-order valence-corrected chi connectivity index (χ2v) is 4.77. The molecule has 1 atom stereocenters. The molecule has 0 aromatic carbocycles. The molecule has 1 N–H and O–H groups in total. The first-order valence-corrected chi connectivity index (χ1v) is 6.20. The van der Waals surface area contributed by atoms with Crippen LogP contribution >= 0.6 is 0 Å². The van der Waals surface area contributed by atoms with Gasteiger partial charge in [-0.1, -0.05) is 0 Å². The molecule has 0 aliphatic carbocycles. The Morgan fingerprint density at radius 2 is 2.41 bits per heavy atom. The van der Waals surface area contributed by atoms with Gasteiger partial charge in [0.1, 0.15) is 0 Å². The van der Waals surface area contributed by atoms with Crippen LogP contribution in [0.15, 0.2) is 6.20 Å². The van der Waals surface area contributed by atoms with Crippen molar-refractivity contribution in [3.63, 3.8) is 0 Å². The van der Waals surface area contributed by atoms with E-state index in [1.54, 1.807) is 7.11 Å². The van der Waals surface area contributed by atoms with Gasteiger partial charge in [0.25, 0.3) is 0 Å². The van der Waals surface area contributed by atoms with Crippen LogP contribution in [0.2, 0.25) is 0 Å². The Morgan fingerprint density at radius 1 is 1.59 bits per heavy atom. The Labute approximate surface area is 103 Å². The average Bonchev–Trinajstić information content (AvgIpc) is 2.94. The van der Waals surface area contributed by atoms with Crippen molar-refractivity contribution in [2.75, 3.05) is 34.3 Å². The Bertz CT molecular complexity index is 355. The summed E-state index contributed by atoms with van der Waals surface area (Å²) in [4.78, 5) is 2.17. The summed E-state index contributed by atoms with van der Waals surface area (Å²) < 4.78 is 7.48. The van der Waals surface area contributed by atoms with Crippen LogP contribution in [0.4, 0.5) is 0 Å². The highest BCUT2D eigenvalue weighted by atomic mass is 16.5. The highest BCUT2D eigenvalue weighted by Crippen LogP contribution is 2.30. The highest BCUT2D eigenvalue weighted by molar-refractivity contribution is 5.29. The fraction of sp³-hybridized carbons (Fsp3) is 0.750. The van der Waals surface area contributed by atoms with Crippen molar-refractivity contribution in [2.24, 2.45) is 0 Å². The summed E-state index contributed by atoms with van der Waals surface area (Å²) in [6, 6.07) is 0.398. The molecule has 0 amide bonds. The van der Waals surface area contributed by atoms with Crippen LogP contribution in [0.1, 0.15) is 24.6 Å². The minimum absolute atomic E-state index is 0.398. The number of likely N-dealkylation sites (N-methyl/N-ethyl adjacent to an activating group) is 1. The number of hydrogen-bond donors (Lipinski definition) is 1. The Balaban J connectivity index is 2.16. The lowest BCUT2D eigenvalue weighted by atomic mass is 10.1. The lowest BCUT2D eigenvalue weighted by Gasteiger charge is -2.16. The molecule has 1 aromatic heterocycles. The van der Waals surface area contributed by atoms with Gasteiger partial charge in [-0.05, 0) is 33.5 Å². The first kappa shape index (κ1) is 12.4. The van der Waals surface area contributed by atoms with Crippen LogP contribution in [0.3, 0.4) is 0 Å². The molecule has 1 aromatic rings. The molecule has 96 valence electrons. The van der Waals surface area contributed by atoms with E-state index in [2.05, 4.69) is 34.1 Å². The third-order valence-electron chi connectivity index (χ3n) is 3.21. The van der Waals surface area contributed by atoms with Gasteiger partial charge in [-0.25, -0.2) is 0 Å². The van der Waals surface area contributed by atoms with Crippen molar-refractivity contribution in [1.82, 2.24) is 20.0 Å². The number of aromatic nitrogens is 2. The first-order valence-electron chi connectivity index (χ1n) is 6.20. The van der Waals surface area contributed by atoms with E-state index in [0.717, 1.165) is 25.4 Å². The van der Waals surface area contributed by atoms with Gasteiger partial charge < -0.3 is 15.0 Å². The predicted molar refractivity (Wildman–Crippen MR) is 67.3 cm³/mol. The number of hydrogen-bond acceptors (Lipinski definition) is 4. The van der Waals surface area contributed by atoms with Gasteiger partial charge in [0, 0.05) is 6.54 Å². The average molecular weight is 238 g/mol. The van der Waals surface area contributed by atoms with Crippen LogP contribution in [0, 0.1) is 0 Å². The number of ether oxygens (including phenoxy) is 1. The molecule has 5 heteroatoms. The molecular weight excluding hydrogens is 216 g/mol. The second-order valence-electron chi connectivity index (χ2n) is 4.77. The minimum Gasteiger partial charge on any atom is -0.493 e. The van der Waals surface area contributed by atoms with Gasteiger partial charge in [0.05, 0.1) is 31.6 Å². The number of nitrogens with zero attached hydrogens (tertiary/aromatic N) is 3. The lowest BCUT2D eigenvalue weighted by Crippen LogP contribution is -2.23. The van der Waals surface area contributed by atoms with E-state index in [4.69, 9.17) is 4.74 Å². The standard InChI is InChI=1S/C12H22N4O/c1-15(2)7-8-16-12(10-5-4-6-13-10)11(17-3)9-14-16/h9-10,13H,4-8H2,1-3H3. The van der Waals surface area contributed by atoms with Gasteiger partial charge in [-0.15, -0.1) is 0 Å². The molecule has 17 heavy (non-hydrogen) atoms. The maximum absolute atomic E-state index is 5.41. The molecular formula is C12H22N4O. The quantitative estimate of drug-likeness (QED) is 0.827. The summed E-state index contributed by atoms with van der Waals surface area (Å²) in [6.07, 6.45) is 4.22. The molecule has 0 saturated carbocycles. The summed E-state index contributed by atoms with van der Waals surface area (Å²) >= 11 is 0.